The summed E-state index contributed by atoms with van der Waals surface area (Å²) in [5.41, 5.74) is -0.550. The lowest BCUT2D eigenvalue weighted by Gasteiger charge is -2.21. The minimum atomic E-state index is -0.550. The number of methoxy groups -OCH3 is 1. The molecule has 1 heterocycles. The fraction of sp³-hybridized carbons (Fsp3) is 0.545. The van der Waals surface area contributed by atoms with Crippen molar-refractivity contribution >= 4 is 17.6 Å². The average molecular weight is 246 g/mol. The fourth-order valence-corrected chi connectivity index (χ4v) is 1.46. The molecule has 0 spiro atoms. The van der Waals surface area contributed by atoms with E-state index in [4.69, 9.17) is 20.8 Å². The maximum absolute atomic E-state index is 11.4. The molecule has 0 unspecified atom stereocenters. The van der Waals surface area contributed by atoms with Crippen molar-refractivity contribution in [2.75, 3.05) is 13.7 Å². The molecular formula is C11H16ClNO3. The molecule has 0 amide bonds. The summed E-state index contributed by atoms with van der Waals surface area (Å²) in [6.45, 7) is 4.69. The highest BCUT2D eigenvalue weighted by atomic mass is 35.5. The van der Waals surface area contributed by atoms with Crippen molar-refractivity contribution in [2.45, 2.75) is 20.4 Å². The average Bonchev–Trinajstić information content (AvgIpc) is 2.62. The second-order valence-electron chi connectivity index (χ2n) is 4.18. The van der Waals surface area contributed by atoms with E-state index in [2.05, 4.69) is 5.32 Å². The molecule has 0 saturated carbocycles. The van der Waals surface area contributed by atoms with Crippen molar-refractivity contribution in [3.8, 4) is 0 Å². The maximum Gasteiger partial charge on any atom is 0.312 e. The number of rotatable bonds is 5. The summed E-state index contributed by atoms with van der Waals surface area (Å²) in [4.78, 5) is 11.4. The molecule has 0 bridgehead atoms. The van der Waals surface area contributed by atoms with Crippen LogP contribution in [0.1, 0.15) is 19.6 Å². The smallest absolute Gasteiger partial charge is 0.312 e. The maximum atomic E-state index is 11.4. The van der Waals surface area contributed by atoms with Crippen molar-refractivity contribution in [2.24, 2.45) is 5.41 Å². The van der Waals surface area contributed by atoms with E-state index in [1.165, 1.54) is 7.11 Å². The third kappa shape index (κ3) is 3.54. The summed E-state index contributed by atoms with van der Waals surface area (Å²) in [6, 6.07) is 3.48. The Balaban J connectivity index is 2.38. The number of hydrogen-bond acceptors (Lipinski definition) is 4. The van der Waals surface area contributed by atoms with Crippen LogP contribution in [0.4, 0.5) is 0 Å². The number of esters is 1. The Labute approximate surface area is 99.9 Å². The molecular weight excluding hydrogens is 230 g/mol. The first kappa shape index (κ1) is 13.1. The van der Waals surface area contributed by atoms with Gasteiger partial charge in [-0.3, -0.25) is 4.79 Å². The van der Waals surface area contributed by atoms with Gasteiger partial charge in [0, 0.05) is 6.54 Å². The standard InChI is InChI=1S/C11H16ClNO3/c1-11(2,10(14)15-3)7-13-6-8-4-5-9(12)16-8/h4-5,13H,6-7H2,1-3H3. The number of ether oxygens (including phenoxy) is 1. The van der Waals surface area contributed by atoms with Crippen LogP contribution in [-0.2, 0) is 16.1 Å². The first-order chi connectivity index (χ1) is 7.45. The van der Waals surface area contributed by atoms with Crippen LogP contribution >= 0.6 is 11.6 Å². The minimum absolute atomic E-state index is 0.238. The molecule has 1 rings (SSSR count). The van der Waals surface area contributed by atoms with Gasteiger partial charge in [0.2, 0.25) is 0 Å². The largest absolute Gasteiger partial charge is 0.469 e. The SMILES string of the molecule is COC(=O)C(C)(C)CNCc1ccc(Cl)o1. The van der Waals surface area contributed by atoms with Crippen LogP contribution in [0.15, 0.2) is 16.5 Å². The van der Waals surface area contributed by atoms with Gasteiger partial charge in [0.15, 0.2) is 5.22 Å². The number of hydrogen-bond donors (Lipinski definition) is 1. The van der Waals surface area contributed by atoms with Gasteiger partial charge >= 0.3 is 5.97 Å². The first-order valence-electron chi connectivity index (χ1n) is 4.99. The highest BCUT2D eigenvalue weighted by Gasteiger charge is 2.28. The van der Waals surface area contributed by atoms with Crippen molar-refractivity contribution in [3.05, 3.63) is 23.1 Å². The van der Waals surface area contributed by atoms with E-state index >= 15 is 0 Å². The third-order valence-electron chi connectivity index (χ3n) is 2.23. The summed E-state index contributed by atoms with van der Waals surface area (Å²) >= 11 is 5.63. The van der Waals surface area contributed by atoms with Crippen molar-refractivity contribution in [3.63, 3.8) is 0 Å². The molecule has 16 heavy (non-hydrogen) atoms. The van der Waals surface area contributed by atoms with E-state index in [-0.39, 0.29) is 5.97 Å². The Morgan fingerprint density at radius 1 is 1.56 bits per heavy atom. The van der Waals surface area contributed by atoms with E-state index < -0.39 is 5.41 Å². The molecule has 90 valence electrons. The zero-order valence-corrected chi connectivity index (χ0v) is 10.4. The lowest BCUT2D eigenvalue weighted by Crippen LogP contribution is -2.36. The van der Waals surface area contributed by atoms with Crippen LogP contribution in [0, 0.1) is 5.41 Å². The second kappa shape index (κ2) is 5.37. The molecule has 5 heteroatoms. The quantitative estimate of drug-likeness (QED) is 0.809. The van der Waals surface area contributed by atoms with Crippen LogP contribution in [0.5, 0.6) is 0 Å². The highest BCUT2D eigenvalue weighted by molar-refractivity contribution is 6.28. The molecule has 0 aromatic carbocycles. The van der Waals surface area contributed by atoms with E-state index in [0.29, 0.717) is 18.3 Å². The van der Waals surface area contributed by atoms with E-state index in [9.17, 15) is 4.79 Å². The fourth-order valence-electron chi connectivity index (χ4n) is 1.29. The molecule has 1 aromatic rings. The monoisotopic (exact) mass is 245 g/mol. The zero-order valence-electron chi connectivity index (χ0n) is 9.67. The number of furan rings is 1. The number of halogens is 1. The molecule has 0 aliphatic carbocycles. The minimum Gasteiger partial charge on any atom is -0.469 e. The summed E-state index contributed by atoms with van der Waals surface area (Å²) in [5, 5.41) is 3.48. The van der Waals surface area contributed by atoms with E-state index in [1.54, 1.807) is 12.1 Å². The van der Waals surface area contributed by atoms with Crippen LogP contribution in [-0.4, -0.2) is 19.6 Å². The van der Waals surface area contributed by atoms with E-state index in [1.807, 2.05) is 13.8 Å². The lowest BCUT2D eigenvalue weighted by atomic mass is 9.94. The van der Waals surface area contributed by atoms with Crippen molar-refractivity contribution in [1.82, 2.24) is 5.32 Å². The molecule has 0 fully saturated rings. The predicted molar refractivity (Wildman–Crippen MR) is 61.2 cm³/mol. The summed E-state index contributed by atoms with van der Waals surface area (Å²) in [5.74, 6) is 0.503. The Kier molecular flexibility index (Phi) is 4.38. The van der Waals surface area contributed by atoms with Crippen LogP contribution in [0.2, 0.25) is 5.22 Å². The molecule has 0 atom stereocenters. The van der Waals surface area contributed by atoms with E-state index in [0.717, 1.165) is 5.76 Å². The normalized spacial score (nSPS) is 11.5. The zero-order chi connectivity index (χ0) is 12.2. The molecule has 1 aromatic heterocycles. The number of nitrogens with one attached hydrogen (secondary N) is 1. The molecule has 0 aliphatic rings. The summed E-state index contributed by atoms with van der Waals surface area (Å²) in [6.07, 6.45) is 0. The Morgan fingerprint density at radius 2 is 2.25 bits per heavy atom. The molecule has 0 radical (unpaired) electrons. The summed E-state index contributed by atoms with van der Waals surface area (Å²) < 4.78 is 9.87. The number of carbonyl (C=O) groups excluding carboxylic acids is 1. The molecule has 0 aliphatic heterocycles. The van der Waals surface area contributed by atoms with Gasteiger partial charge < -0.3 is 14.5 Å². The van der Waals surface area contributed by atoms with Crippen LogP contribution in [0.25, 0.3) is 0 Å². The molecule has 4 nitrogen and oxygen atoms in total. The van der Waals surface area contributed by atoms with Gasteiger partial charge in [0.05, 0.1) is 19.1 Å². The second-order valence-corrected chi connectivity index (χ2v) is 4.56. The Morgan fingerprint density at radius 3 is 2.75 bits per heavy atom. The van der Waals surface area contributed by atoms with Gasteiger partial charge in [0.25, 0.3) is 0 Å². The highest BCUT2D eigenvalue weighted by Crippen LogP contribution is 2.16. The van der Waals surface area contributed by atoms with Gasteiger partial charge in [-0.1, -0.05) is 0 Å². The van der Waals surface area contributed by atoms with Gasteiger partial charge in [-0.25, -0.2) is 0 Å². The third-order valence-corrected chi connectivity index (χ3v) is 2.44. The van der Waals surface area contributed by atoms with Gasteiger partial charge in [-0.15, -0.1) is 0 Å². The van der Waals surface area contributed by atoms with Crippen LogP contribution in [0.3, 0.4) is 0 Å². The predicted octanol–water partition coefficient (Wildman–Crippen LogP) is 2.22. The molecule has 1 N–H and O–H groups in total. The van der Waals surface area contributed by atoms with Gasteiger partial charge in [0.1, 0.15) is 5.76 Å². The van der Waals surface area contributed by atoms with Gasteiger partial charge in [-0.05, 0) is 37.6 Å². The summed E-state index contributed by atoms with van der Waals surface area (Å²) in [7, 11) is 1.39. The lowest BCUT2D eigenvalue weighted by molar-refractivity contribution is -0.150. The number of carbonyl (C=O) groups is 1. The van der Waals surface area contributed by atoms with Crippen molar-refractivity contribution in [1.29, 1.82) is 0 Å². The Bertz CT molecular complexity index is 360. The Hall–Kier alpha value is -1.00. The molecule has 0 saturated heterocycles. The van der Waals surface area contributed by atoms with Crippen molar-refractivity contribution < 1.29 is 13.9 Å². The van der Waals surface area contributed by atoms with Crippen LogP contribution < -0.4 is 5.32 Å². The topological polar surface area (TPSA) is 51.5 Å². The van der Waals surface area contributed by atoms with Gasteiger partial charge in [-0.2, -0.15) is 0 Å². The first-order valence-corrected chi connectivity index (χ1v) is 5.37.